The average Bonchev–Trinajstić information content (AvgIpc) is 2.29. The molecule has 0 bridgehead atoms. The van der Waals surface area contributed by atoms with Gasteiger partial charge in [0, 0.05) is 20.6 Å². The van der Waals surface area contributed by atoms with E-state index in [9.17, 15) is 4.79 Å². The van der Waals surface area contributed by atoms with Crippen LogP contribution in [0.5, 0.6) is 0 Å². The highest BCUT2D eigenvalue weighted by Crippen LogP contribution is 2.01. The number of nitrogens with zero attached hydrogens (tertiary/aromatic N) is 4. The Labute approximate surface area is 101 Å². The van der Waals surface area contributed by atoms with Gasteiger partial charge in [-0.3, -0.25) is 14.7 Å². The summed E-state index contributed by atoms with van der Waals surface area (Å²) in [5.74, 6) is 5.76. The Morgan fingerprint density at radius 2 is 2.06 bits per heavy atom. The van der Waals surface area contributed by atoms with Crippen LogP contribution < -0.4 is 11.3 Å². The van der Waals surface area contributed by atoms with Crippen molar-refractivity contribution in [3.8, 4) is 0 Å². The number of carbonyl (C=O) groups excluding carboxylic acids is 1. The van der Waals surface area contributed by atoms with E-state index in [-0.39, 0.29) is 5.91 Å². The molecule has 17 heavy (non-hydrogen) atoms. The van der Waals surface area contributed by atoms with E-state index >= 15 is 0 Å². The minimum absolute atomic E-state index is 0.0562. The first kappa shape index (κ1) is 13.3. The molecule has 7 heteroatoms. The van der Waals surface area contributed by atoms with E-state index in [1.165, 1.54) is 0 Å². The Morgan fingerprint density at radius 1 is 1.35 bits per heavy atom. The summed E-state index contributed by atoms with van der Waals surface area (Å²) >= 11 is 0. The molecule has 0 aliphatic heterocycles. The summed E-state index contributed by atoms with van der Waals surface area (Å²) < 4.78 is 0. The van der Waals surface area contributed by atoms with Crippen molar-refractivity contribution >= 4 is 11.7 Å². The predicted octanol–water partition coefficient (Wildman–Crippen LogP) is -0.718. The molecule has 0 saturated heterocycles. The first-order chi connectivity index (χ1) is 8.02. The topological polar surface area (TPSA) is 87.4 Å². The molecule has 1 heterocycles. The third-order valence-electron chi connectivity index (χ3n) is 2.19. The van der Waals surface area contributed by atoms with Crippen LogP contribution in [0.2, 0.25) is 0 Å². The maximum absolute atomic E-state index is 11.5. The van der Waals surface area contributed by atoms with E-state index in [2.05, 4.69) is 15.4 Å². The molecule has 0 saturated carbocycles. The number of nitrogens with one attached hydrogen (secondary N) is 1. The molecule has 0 atom stereocenters. The van der Waals surface area contributed by atoms with Crippen molar-refractivity contribution in [2.24, 2.45) is 5.84 Å². The number of likely N-dealkylation sites (N-methyl/N-ethyl adjacent to an activating group) is 2. The van der Waals surface area contributed by atoms with Crippen molar-refractivity contribution in [2.75, 3.05) is 33.1 Å². The van der Waals surface area contributed by atoms with Gasteiger partial charge in [-0.25, -0.2) is 10.8 Å². The van der Waals surface area contributed by atoms with Crippen molar-refractivity contribution in [1.29, 1.82) is 0 Å². The zero-order valence-corrected chi connectivity index (χ0v) is 10.3. The average molecular weight is 238 g/mol. The summed E-state index contributed by atoms with van der Waals surface area (Å²) in [5.41, 5.74) is 3.20. The van der Waals surface area contributed by atoms with Gasteiger partial charge in [-0.15, -0.1) is 0 Å². The Bertz CT molecular complexity index is 364. The van der Waals surface area contributed by atoms with Crippen LogP contribution in [0.3, 0.4) is 0 Å². The second-order valence-corrected chi connectivity index (χ2v) is 4.00. The summed E-state index contributed by atoms with van der Waals surface area (Å²) in [7, 11) is 5.33. The van der Waals surface area contributed by atoms with E-state index in [4.69, 9.17) is 5.84 Å². The van der Waals surface area contributed by atoms with Crippen LogP contribution in [0.1, 0.15) is 5.69 Å². The molecule has 1 amide bonds. The normalized spacial score (nSPS) is 10.4. The summed E-state index contributed by atoms with van der Waals surface area (Å²) in [6, 6.07) is 0. The lowest BCUT2D eigenvalue weighted by Gasteiger charge is -2.18. The summed E-state index contributed by atoms with van der Waals surface area (Å²) in [5, 5.41) is 0. The third-order valence-corrected chi connectivity index (χ3v) is 2.19. The highest BCUT2D eigenvalue weighted by molar-refractivity contribution is 5.77. The van der Waals surface area contributed by atoms with Crippen molar-refractivity contribution in [3.63, 3.8) is 0 Å². The molecule has 1 aromatic heterocycles. The number of hydrazine groups is 1. The summed E-state index contributed by atoms with van der Waals surface area (Å²) in [4.78, 5) is 23.1. The van der Waals surface area contributed by atoms with Crippen molar-refractivity contribution < 1.29 is 4.79 Å². The first-order valence-electron chi connectivity index (χ1n) is 5.19. The lowest BCUT2D eigenvalue weighted by atomic mass is 10.4. The maximum Gasteiger partial charge on any atom is 0.236 e. The highest BCUT2D eigenvalue weighted by Gasteiger charge is 2.09. The Morgan fingerprint density at radius 3 is 2.53 bits per heavy atom. The van der Waals surface area contributed by atoms with Crippen molar-refractivity contribution in [1.82, 2.24) is 19.8 Å². The number of hydrogen-bond acceptors (Lipinski definition) is 6. The fourth-order valence-corrected chi connectivity index (χ4v) is 1.22. The number of nitrogen functional groups attached to an aromatic ring is 1. The molecular formula is C10H18N6O. The first-order valence-corrected chi connectivity index (χ1v) is 5.19. The molecule has 7 nitrogen and oxygen atoms in total. The van der Waals surface area contributed by atoms with Crippen LogP contribution in [-0.2, 0) is 11.3 Å². The van der Waals surface area contributed by atoms with Gasteiger partial charge in [-0.2, -0.15) is 0 Å². The standard InChI is InChI=1S/C10H18N6O/c1-15(2)10(17)7-16(3)6-8-4-13-9(14-11)5-12-8/h4-5H,6-7,11H2,1-3H3,(H,13,14). The molecule has 1 rings (SSSR count). The zero-order valence-electron chi connectivity index (χ0n) is 10.3. The van der Waals surface area contributed by atoms with E-state index in [1.807, 2.05) is 11.9 Å². The van der Waals surface area contributed by atoms with Gasteiger partial charge < -0.3 is 10.3 Å². The lowest BCUT2D eigenvalue weighted by molar-refractivity contribution is -0.129. The van der Waals surface area contributed by atoms with Gasteiger partial charge in [0.25, 0.3) is 0 Å². The zero-order chi connectivity index (χ0) is 12.8. The van der Waals surface area contributed by atoms with Gasteiger partial charge in [-0.05, 0) is 7.05 Å². The van der Waals surface area contributed by atoms with Crippen LogP contribution in [0.25, 0.3) is 0 Å². The summed E-state index contributed by atoms with van der Waals surface area (Å²) in [6.07, 6.45) is 3.18. The molecule has 3 N–H and O–H groups in total. The second kappa shape index (κ2) is 6.12. The second-order valence-electron chi connectivity index (χ2n) is 4.00. The number of amides is 1. The lowest BCUT2D eigenvalue weighted by Crippen LogP contribution is -2.34. The van der Waals surface area contributed by atoms with E-state index in [1.54, 1.807) is 31.4 Å². The van der Waals surface area contributed by atoms with Crippen molar-refractivity contribution in [3.05, 3.63) is 18.1 Å². The van der Waals surface area contributed by atoms with E-state index < -0.39 is 0 Å². The van der Waals surface area contributed by atoms with Gasteiger partial charge in [0.1, 0.15) is 0 Å². The molecular weight excluding hydrogens is 220 g/mol. The van der Waals surface area contributed by atoms with Crippen molar-refractivity contribution in [2.45, 2.75) is 6.54 Å². The molecule has 0 spiro atoms. The minimum Gasteiger partial charge on any atom is -0.348 e. The fourth-order valence-electron chi connectivity index (χ4n) is 1.22. The molecule has 94 valence electrons. The predicted molar refractivity (Wildman–Crippen MR) is 64.9 cm³/mol. The number of anilines is 1. The number of nitrogens with two attached hydrogens (primary N) is 1. The quantitative estimate of drug-likeness (QED) is 0.520. The smallest absolute Gasteiger partial charge is 0.236 e. The van der Waals surface area contributed by atoms with Crippen LogP contribution >= 0.6 is 0 Å². The largest absolute Gasteiger partial charge is 0.348 e. The van der Waals surface area contributed by atoms with E-state index in [0.29, 0.717) is 18.9 Å². The van der Waals surface area contributed by atoms with Gasteiger partial charge in [0.2, 0.25) is 5.91 Å². The molecule has 0 aromatic carbocycles. The van der Waals surface area contributed by atoms with Gasteiger partial charge in [-0.1, -0.05) is 0 Å². The molecule has 0 fully saturated rings. The molecule has 1 aromatic rings. The number of rotatable bonds is 5. The van der Waals surface area contributed by atoms with Crippen LogP contribution in [0, 0.1) is 0 Å². The summed E-state index contributed by atoms with van der Waals surface area (Å²) in [6.45, 7) is 0.920. The maximum atomic E-state index is 11.5. The Hall–Kier alpha value is -1.73. The highest BCUT2D eigenvalue weighted by atomic mass is 16.2. The SMILES string of the molecule is CN(CC(=O)N(C)C)Cc1cnc(NN)cn1. The molecule has 0 aliphatic carbocycles. The molecule has 0 radical (unpaired) electrons. The molecule has 0 unspecified atom stereocenters. The monoisotopic (exact) mass is 238 g/mol. The number of carbonyl (C=O) groups is 1. The van der Waals surface area contributed by atoms with Crippen LogP contribution in [-0.4, -0.2) is 53.4 Å². The number of hydrogen-bond donors (Lipinski definition) is 2. The van der Waals surface area contributed by atoms with Crippen LogP contribution in [0.4, 0.5) is 5.82 Å². The van der Waals surface area contributed by atoms with Gasteiger partial charge in [0.15, 0.2) is 5.82 Å². The van der Waals surface area contributed by atoms with Gasteiger partial charge >= 0.3 is 0 Å². The molecule has 0 aliphatic rings. The van der Waals surface area contributed by atoms with E-state index in [0.717, 1.165) is 5.69 Å². The third kappa shape index (κ3) is 4.33. The fraction of sp³-hybridized carbons (Fsp3) is 0.500. The van der Waals surface area contributed by atoms with Crippen LogP contribution in [0.15, 0.2) is 12.4 Å². The Kier molecular flexibility index (Phi) is 4.80. The van der Waals surface area contributed by atoms with Gasteiger partial charge in [0.05, 0.1) is 24.6 Å². The Balaban J connectivity index is 2.50. The number of aromatic nitrogens is 2. The minimum atomic E-state index is 0.0562.